The average Bonchev–Trinajstić information content (AvgIpc) is 1.14. The fraction of sp³-hybridized carbons (Fsp3) is 0.875. The molecule has 0 nitrogen and oxygen atoms in total. The van der Waals surface area contributed by atoms with E-state index in [2.05, 4.69) is 41.5 Å². The molecule has 0 saturated heterocycles. The summed E-state index contributed by atoms with van der Waals surface area (Å²) >= 11 is 1.90. The first kappa shape index (κ1) is 9.35. The van der Waals surface area contributed by atoms with Crippen molar-refractivity contribution in [2.45, 2.75) is 44.1 Å². The largest absolute Gasteiger partial charge is 0.150 e. The molecule has 0 aliphatic carbocycles. The lowest BCUT2D eigenvalue weighted by Crippen LogP contribution is -2.19. The van der Waals surface area contributed by atoms with Crippen molar-refractivity contribution in [2.75, 3.05) is 0 Å². The highest BCUT2D eigenvalue weighted by Gasteiger charge is 2.20. The lowest BCUT2D eigenvalue weighted by atomic mass is 10.2. The molecule has 55 valence electrons. The molecule has 0 aliphatic rings. The standard InChI is InChI=1S/C8H17S/c1-7(2,3)9-8(4,5)6/h1H2,2-6H3. The quantitative estimate of drug-likeness (QED) is 0.546. The summed E-state index contributed by atoms with van der Waals surface area (Å²) in [5, 5.41) is 0. The summed E-state index contributed by atoms with van der Waals surface area (Å²) in [5.41, 5.74) is 0. The average molecular weight is 145 g/mol. The minimum absolute atomic E-state index is 0.151. The van der Waals surface area contributed by atoms with Crippen LogP contribution in [0.15, 0.2) is 0 Å². The van der Waals surface area contributed by atoms with Crippen molar-refractivity contribution in [3.05, 3.63) is 6.92 Å². The maximum Gasteiger partial charge on any atom is 0.0109 e. The summed E-state index contributed by atoms with van der Waals surface area (Å²) in [6, 6.07) is 0. The van der Waals surface area contributed by atoms with Gasteiger partial charge in [-0.2, -0.15) is 0 Å². The molecule has 0 aromatic rings. The molecule has 9 heavy (non-hydrogen) atoms. The normalized spacial score (nSPS) is 14.0. The summed E-state index contributed by atoms with van der Waals surface area (Å²) in [6.45, 7) is 14.9. The fourth-order valence-electron chi connectivity index (χ4n) is 0.829. The lowest BCUT2D eigenvalue weighted by Gasteiger charge is -2.28. The van der Waals surface area contributed by atoms with Gasteiger partial charge in [0.1, 0.15) is 0 Å². The van der Waals surface area contributed by atoms with Gasteiger partial charge in [-0.05, 0) is 6.92 Å². The van der Waals surface area contributed by atoms with Crippen LogP contribution in [0.1, 0.15) is 34.6 Å². The molecule has 1 radical (unpaired) electrons. The minimum Gasteiger partial charge on any atom is -0.150 e. The van der Waals surface area contributed by atoms with Crippen LogP contribution in [0.3, 0.4) is 0 Å². The Balaban J connectivity index is 3.75. The molecule has 0 saturated carbocycles. The summed E-state index contributed by atoms with van der Waals surface area (Å²) in [6.07, 6.45) is 0. The molecule has 1 heteroatoms. The third-order valence-electron chi connectivity index (χ3n) is 0.582. The summed E-state index contributed by atoms with van der Waals surface area (Å²) in [5.74, 6) is 0. The van der Waals surface area contributed by atoms with Crippen molar-refractivity contribution >= 4 is 11.8 Å². The van der Waals surface area contributed by atoms with Crippen molar-refractivity contribution in [3.63, 3.8) is 0 Å². The van der Waals surface area contributed by atoms with Gasteiger partial charge in [0, 0.05) is 9.49 Å². The van der Waals surface area contributed by atoms with Gasteiger partial charge >= 0.3 is 0 Å². The molecule has 0 aromatic carbocycles. The second-order valence-electron chi connectivity index (χ2n) is 3.97. The van der Waals surface area contributed by atoms with Gasteiger partial charge in [-0.1, -0.05) is 34.6 Å². The van der Waals surface area contributed by atoms with Crippen molar-refractivity contribution in [1.29, 1.82) is 0 Å². The zero-order valence-corrected chi connectivity index (χ0v) is 7.93. The highest BCUT2D eigenvalue weighted by atomic mass is 32.2. The topological polar surface area (TPSA) is 0 Å². The van der Waals surface area contributed by atoms with Crippen LogP contribution in [0, 0.1) is 6.92 Å². The van der Waals surface area contributed by atoms with Crippen LogP contribution in [0.25, 0.3) is 0 Å². The Labute approximate surface area is 63.4 Å². The zero-order valence-electron chi connectivity index (χ0n) is 7.12. The summed E-state index contributed by atoms with van der Waals surface area (Å²) < 4.78 is 0.490. The first-order valence-electron chi connectivity index (χ1n) is 3.26. The minimum atomic E-state index is 0.151. The van der Waals surface area contributed by atoms with Gasteiger partial charge < -0.3 is 0 Å². The van der Waals surface area contributed by atoms with Crippen molar-refractivity contribution < 1.29 is 0 Å². The Hall–Kier alpha value is 0.350. The maximum atomic E-state index is 4.02. The maximum absolute atomic E-state index is 4.02. The van der Waals surface area contributed by atoms with Crippen LogP contribution in [-0.4, -0.2) is 9.49 Å². The van der Waals surface area contributed by atoms with E-state index in [0.29, 0.717) is 4.75 Å². The Bertz CT molecular complexity index is 69.7. The highest BCUT2D eigenvalue weighted by Crippen LogP contribution is 2.34. The molecule has 0 N–H and O–H groups in total. The Morgan fingerprint density at radius 3 is 1.33 bits per heavy atom. The molecule has 0 atom stereocenters. The molecule has 0 fully saturated rings. The Morgan fingerprint density at radius 2 is 1.33 bits per heavy atom. The van der Waals surface area contributed by atoms with Gasteiger partial charge in [0.05, 0.1) is 0 Å². The Kier molecular flexibility index (Phi) is 2.63. The fourth-order valence-corrected chi connectivity index (χ4v) is 2.49. The first-order valence-corrected chi connectivity index (χ1v) is 4.08. The van der Waals surface area contributed by atoms with Crippen LogP contribution >= 0.6 is 11.8 Å². The van der Waals surface area contributed by atoms with E-state index in [0.717, 1.165) is 0 Å². The highest BCUT2D eigenvalue weighted by molar-refractivity contribution is 8.01. The molecule has 0 unspecified atom stereocenters. The van der Waals surface area contributed by atoms with Crippen LogP contribution in [0.5, 0.6) is 0 Å². The number of thioether (sulfide) groups is 1. The van der Waals surface area contributed by atoms with Gasteiger partial charge in [-0.3, -0.25) is 0 Å². The van der Waals surface area contributed by atoms with Crippen LogP contribution < -0.4 is 0 Å². The lowest BCUT2D eigenvalue weighted by molar-refractivity contribution is 0.771. The third-order valence-corrected chi connectivity index (χ3v) is 1.75. The van der Waals surface area contributed by atoms with E-state index in [1.54, 1.807) is 0 Å². The Morgan fingerprint density at radius 1 is 1.00 bits per heavy atom. The van der Waals surface area contributed by atoms with Gasteiger partial charge in [-0.15, -0.1) is 11.8 Å². The second-order valence-corrected chi connectivity index (χ2v) is 6.51. The van der Waals surface area contributed by atoms with Crippen LogP contribution in [0.2, 0.25) is 0 Å². The van der Waals surface area contributed by atoms with Crippen molar-refractivity contribution in [3.8, 4) is 0 Å². The summed E-state index contributed by atoms with van der Waals surface area (Å²) in [7, 11) is 0. The molecular weight excluding hydrogens is 128 g/mol. The third kappa shape index (κ3) is 8.35. The molecule has 0 bridgehead atoms. The smallest absolute Gasteiger partial charge is 0.0109 e. The molecular formula is C8H17S. The van der Waals surface area contributed by atoms with E-state index in [1.807, 2.05) is 11.8 Å². The predicted octanol–water partition coefficient (Wildman–Crippen LogP) is 3.13. The van der Waals surface area contributed by atoms with Crippen molar-refractivity contribution in [2.24, 2.45) is 0 Å². The van der Waals surface area contributed by atoms with E-state index in [1.165, 1.54) is 0 Å². The van der Waals surface area contributed by atoms with Gasteiger partial charge in [-0.25, -0.2) is 0 Å². The van der Waals surface area contributed by atoms with E-state index in [-0.39, 0.29) is 4.75 Å². The molecule has 0 spiro atoms. The number of rotatable bonds is 1. The molecule has 0 heterocycles. The van der Waals surface area contributed by atoms with E-state index >= 15 is 0 Å². The van der Waals surface area contributed by atoms with E-state index in [4.69, 9.17) is 0 Å². The molecule has 0 aromatic heterocycles. The van der Waals surface area contributed by atoms with Crippen molar-refractivity contribution in [1.82, 2.24) is 0 Å². The molecule has 0 aliphatic heterocycles. The van der Waals surface area contributed by atoms with Crippen LogP contribution in [-0.2, 0) is 0 Å². The second kappa shape index (κ2) is 2.53. The van der Waals surface area contributed by atoms with Gasteiger partial charge in [0.2, 0.25) is 0 Å². The zero-order chi connectivity index (χ0) is 7.71. The predicted molar refractivity (Wildman–Crippen MR) is 46.8 cm³/mol. The SMILES string of the molecule is [CH2]C(C)(C)SC(C)(C)C. The van der Waals surface area contributed by atoms with E-state index in [9.17, 15) is 0 Å². The van der Waals surface area contributed by atoms with Gasteiger partial charge in [0.25, 0.3) is 0 Å². The molecule has 0 amide bonds. The monoisotopic (exact) mass is 145 g/mol. The number of hydrogen-bond donors (Lipinski definition) is 0. The number of hydrogen-bond acceptors (Lipinski definition) is 1. The first-order chi connectivity index (χ1) is 3.71. The van der Waals surface area contributed by atoms with Crippen LogP contribution in [0.4, 0.5) is 0 Å². The van der Waals surface area contributed by atoms with E-state index < -0.39 is 0 Å². The van der Waals surface area contributed by atoms with Gasteiger partial charge in [0.15, 0.2) is 0 Å². The molecule has 0 rings (SSSR count). The summed E-state index contributed by atoms with van der Waals surface area (Å²) in [4.78, 5) is 0.